The molecule has 2 atom stereocenters. The van der Waals surface area contributed by atoms with E-state index in [1.165, 1.54) is 13.0 Å². The van der Waals surface area contributed by atoms with Gasteiger partial charge in [-0.2, -0.15) is 0 Å². The number of aliphatic hydroxyl groups is 1. The molecule has 0 aliphatic carbocycles. The second kappa shape index (κ2) is 1.45. The van der Waals surface area contributed by atoms with Crippen LogP contribution < -0.4 is 0 Å². The second-order valence-electron chi connectivity index (χ2n) is 2.83. The van der Waals surface area contributed by atoms with Gasteiger partial charge in [-0.1, -0.05) is 0 Å². The first kappa shape index (κ1) is 4.77. The largest absolute Gasteiger partial charge is 0.392 e. The summed E-state index contributed by atoms with van der Waals surface area (Å²) in [6, 6.07) is 0.755. The maximum Gasteiger partial charge on any atom is 0.0682 e. The van der Waals surface area contributed by atoms with Crippen LogP contribution in [-0.4, -0.2) is 35.2 Å². The fraction of sp³-hybridized carbons (Fsp3) is 1.00. The third-order valence-electron chi connectivity index (χ3n) is 2.26. The van der Waals surface area contributed by atoms with Gasteiger partial charge in [-0.15, -0.1) is 0 Å². The highest BCUT2D eigenvalue weighted by atomic mass is 16.3. The summed E-state index contributed by atoms with van der Waals surface area (Å²) < 4.78 is 0. The van der Waals surface area contributed by atoms with E-state index >= 15 is 0 Å². The molecule has 2 aliphatic heterocycles. The first-order valence-electron chi connectivity index (χ1n) is 3.28. The first-order chi connectivity index (χ1) is 3.86. The molecule has 0 aromatic carbocycles. The van der Waals surface area contributed by atoms with Crippen LogP contribution in [0.25, 0.3) is 0 Å². The molecular formula is C6H11NO. The van der Waals surface area contributed by atoms with Gasteiger partial charge in [0, 0.05) is 19.1 Å². The average Bonchev–Trinajstić information content (AvgIpc) is 1.91. The Labute approximate surface area is 49.1 Å². The normalized spacial score (nSPS) is 46.1. The number of hydrogen-bond acceptors (Lipinski definition) is 2. The quantitative estimate of drug-likeness (QED) is 0.471. The van der Waals surface area contributed by atoms with E-state index in [1.807, 2.05) is 0 Å². The molecule has 0 radical (unpaired) electrons. The summed E-state index contributed by atoms with van der Waals surface area (Å²) in [4.78, 5) is 2.35. The summed E-state index contributed by atoms with van der Waals surface area (Å²) in [5, 5.41) is 9.07. The van der Waals surface area contributed by atoms with Crippen LogP contribution in [-0.2, 0) is 0 Å². The van der Waals surface area contributed by atoms with Crippen LogP contribution in [0.1, 0.15) is 12.8 Å². The molecule has 2 unspecified atom stereocenters. The van der Waals surface area contributed by atoms with Crippen molar-refractivity contribution >= 4 is 0 Å². The summed E-state index contributed by atoms with van der Waals surface area (Å²) in [7, 11) is 0. The van der Waals surface area contributed by atoms with E-state index in [-0.39, 0.29) is 6.10 Å². The van der Waals surface area contributed by atoms with Crippen molar-refractivity contribution in [3.63, 3.8) is 0 Å². The van der Waals surface area contributed by atoms with Crippen LogP contribution in [0.4, 0.5) is 0 Å². The number of aliphatic hydroxyl groups excluding tert-OH is 1. The lowest BCUT2D eigenvalue weighted by atomic mass is 10.1. The molecule has 0 spiro atoms. The molecule has 0 bridgehead atoms. The fourth-order valence-electron chi connectivity index (χ4n) is 1.66. The lowest BCUT2D eigenvalue weighted by Crippen LogP contribution is -2.42. The van der Waals surface area contributed by atoms with Crippen LogP contribution in [0, 0.1) is 0 Å². The molecule has 2 heterocycles. The molecule has 2 aliphatic rings. The number of hydrogen-bond donors (Lipinski definition) is 1. The lowest BCUT2D eigenvalue weighted by molar-refractivity contribution is 0.131. The molecule has 2 nitrogen and oxygen atoms in total. The van der Waals surface area contributed by atoms with E-state index in [9.17, 15) is 0 Å². The van der Waals surface area contributed by atoms with Gasteiger partial charge in [0.05, 0.1) is 6.10 Å². The Bertz CT molecular complexity index is 92.7. The summed E-state index contributed by atoms with van der Waals surface area (Å²) in [5.41, 5.74) is 0. The van der Waals surface area contributed by atoms with Gasteiger partial charge in [-0.25, -0.2) is 0 Å². The van der Waals surface area contributed by atoms with Crippen LogP contribution in [0.3, 0.4) is 0 Å². The maximum atomic E-state index is 9.07. The van der Waals surface area contributed by atoms with Gasteiger partial charge in [0.2, 0.25) is 0 Å². The molecule has 2 rings (SSSR count). The molecule has 2 fully saturated rings. The fourth-order valence-corrected chi connectivity index (χ4v) is 1.66. The monoisotopic (exact) mass is 113 g/mol. The van der Waals surface area contributed by atoms with Crippen molar-refractivity contribution < 1.29 is 5.11 Å². The van der Waals surface area contributed by atoms with Crippen molar-refractivity contribution in [3.8, 4) is 0 Å². The zero-order valence-corrected chi connectivity index (χ0v) is 4.88. The van der Waals surface area contributed by atoms with Gasteiger partial charge in [0.15, 0.2) is 0 Å². The molecule has 2 heteroatoms. The lowest BCUT2D eigenvalue weighted by Gasteiger charge is -2.33. The smallest absolute Gasteiger partial charge is 0.0682 e. The van der Waals surface area contributed by atoms with E-state index < -0.39 is 0 Å². The standard InChI is InChI=1S/C6H11NO/c8-6-3-5-1-2-7(5)4-6/h5-6,8H,1-4H2. The van der Waals surface area contributed by atoms with Crippen molar-refractivity contribution in [1.29, 1.82) is 0 Å². The Balaban J connectivity index is 2.00. The van der Waals surface area contributed by atoms with E-state index in [4.69, 9.17) is 5.11 Å². The van der Waals surface area contributed by atoms with E-state index in [2.05, 4.69) is 4.90 Å². The third-order valence-corrected chi connectivity index (χ3v) is 2.26. The summed E-state index contributed by atoms with van der Waals surface area (Å²) in [6.45, 7) is 2.16. The number of fused-ring (bicyclic) bond motifs is 1. The highest BCUT2D eigenvalue weighted by Gasteiger charge is 2.36. The van der Waals surface area contributed by atoms with E-state index in [1.54, 1.807) is 0 Å². The Morgan fingerprint density at radius 3 is 2.62 bits per heavy atom. The highest BCUT2D eigenvalue weighted by molar-refractivity contribution is 4.92. The van der Waals surface area contributed by atoms with Crippen LogP contribution >= 0.6 is 0 Å². The zero-order chi connectivity index (χ0) is 5.56. The summed E-state index contributed by atoms with van der Waals surface area (Å²) >= 11 is 0. The van der Waals surface area contributed by atoms with Crippen molar-refractivity contribution in [2.24, 2.45) is 0 Å². The van der Waals surface area contributed by atoms with E-state index in [0.717, 1.165) is 19.0 Å². The van der Waals surface area contributed by atoms with Crippen molar-refractivity contribution in [2.75, 3.05) is 13.1 Å². The predicted molar refractivity (Wildman–Crippen MR) is 30.6 cm³/mol. The molecule has 8 heavy (non-hydrogen) atoms. The molecular weight excluding hydrogens is 102 g/mol. The van der Waals surface area contributed by atoms with Gasteiger partial charge >= 0.3 is 0 Å². The zero-order valence-electron chi connectivity index (χ0n) is 4.88. The predicted octanol–water partition coefficient (Wildman–Crippen LogP) is -0.175. The first-order valence-corrected chi connectivity index (χ1v) is 3.28. The molecule has 2 saturated heterocycles. The van der Waals surface area contributed by atoms with Gasteiger partial charge < -0.3 is 5.11 Å². The van der Waals surface area contributed by atoms with Gasteiger partial charge in [0.1, 0.15) is 0 Å². The van der Waals surface area contributed by atoms with Crippen molar-refractivity contribution in [3.05, 3.63) is 0 Å². The number of nitrogens with zero attached hydrogens (tertiary/aromatic N) is 1. The van der Waals surface area contributed by atoms with Gasteiger partial charge in [0.25, 0.3) is 0 Å². The molecule has 0 aromatic rings. The SMILES string of the molecule is OC1CC2CCN2C1. The van der Waals surface area contributed by atoms with Gasteiger partial charge in [-0.05, 0) is 12.8 Å². The van der Waals surface area contributed by atoms with Crippen molar-refractivity contribution in [2.45, 2.75) is 25.0 Å². The average molecular weight is 113 g/mol. The molecule has 46 valence electrons. The molecule has 0 amide bonds. The number of rotatable bonds is 0. The summed E-state index contributed by atoms with van der Waals surface area (Å²) in [5.74, 6) is 0. The molecule has 0 saturated carbocycles. The third kappa shape index (κ3) is 0.501. The van der Waals surface area contributed by atoms with E-state index in [0.29, 0.717) is 0 Å². The van der Waals surface area contributed by atoms with Gasteiger partial charge in [-0.3, -0.25) is 4.90 Å². The minimum atomic E-state index is -0.0116. The minimum absolute atomic E-state index is 0.0116. The van der Waals surface area contributed by atoms with Crippen LogP contribution in [0.2, 0.25) is 0 Å². The minimum Gasteiger partial charge on any atom is -0.392 e. The Morgan fingerprint density at radius 1 is 1.50 bits per heavy atom. The summed E-state index contributed by atoms with van der Waals surface area (Å²) in [6.07, 6.45) is 2.33. The molecule has 0 aromatic heterocycles. The van der Waals surface area contributed by atoms with Crippen LogP contribution in [0.15, 0.2) is 0 Å². The Kier molecular flexibility index (Phi) is 0.866. The highest BCUT2D eigenvalue weighted by Crippen LogP contribution is 2.28. The molecule has 1 N–H and O–H groups in total. The topological polar surface area (TPSA) is 23.5 Å². The van der Waals surface area contributed by atoms with Crippen molar-refractivity contribution in [1.82, 2.24) is 4.90 Å². The maximum absolute atomic E-state index is 9.07. The Morgan fingerprint density at radius 2 is 2.38 bits per heavy atom. The Hall–Kier alpha value is -0.0800. The van der Waals surface area contributed by atoms with Crippen LogP contribution in [0.5, 0.6) is 0 Å². The second-order valence-corrected chi connectivity index (χ2v) is 2.83.